The Kier molecular flexibility index (Phi) is 2.54. The first-order valence-corrected chi connectivity index (χ1v) is 3.47. The molecule has 0 aliphatic rings. The molecule has 0 heterocycles. The standard InChI is InChI=1S/C6H13NS/c1-5(7)8-6(2,3)4/h7H,1-4H3. The van der Waals surface area contributed by atoms with Crippen molar-refractivity contribution in [2.24, 2.45) is 0 Å². The Morgan fingerprint density at radius 1 is 1.38 bits per heavy atom. The average Bonchev–Trinajstić information content (AvgIpc) is 1.21. The summed E-state index contributed by atoms with van der Waals surface area (Å²) in [5, 5.41) is 7.81. The maximum absolute atomic E-state index is 7.11. The normalized spacial score (nSPS) is 11.5. The highest BCUT2D eigenvalue weighted by atomic mass is 32.2. The third-order valence-electron chi connectivity index (χ3n) is 0.459. The first-order valence-electron chi connectivity index (χ1n) is 2.66. The first-order chi connectivity index (χ1) is 3.42. The van der Waals surface area contributed by atoms with Gasteiger partial charge in [0.05, 0.1) is 5.04 Å². The Balaban J connectivity index is 3.55. The van der Waals surface area contributed by atoms with Crippen molar-refractivity contribution >= 4 is 16.8 Å². The van der Waals surface area contributed by atoms with Crippen molar-refractivity contribution in [3.63, 3.8) is 0 Å². The fourth-order valence-electron chi connectivity index (χ4n) is 0.459. The van der Waals surface area contributed by atoms with Gasteiger partial charge >= 0.3 is 0 Å². The van der Waals surface area contributed by atoms with Gasteiger partial charge in [-0.1, -0.05) is 20.8 Å². The van der Waals surface area contributed by atoms with Gasteiger partial charge in [0.1, 0.15) is 0 Å². The Hall–Kier alpha value is 0.0200. The molecule has 0 bridgehead atoms. The molecule has 2 heteroatoms. The van der Waals surface area contributed by atoms with Gasteiger partial charge in [-0.2, -0.15) is 0 Å². The zero-order valence-electron chi connectivity index (χ0n) is 5.91. The van der Waals surface area contributed by atoms with Crippen LogP contribution in [0.15, 0.2) is 0 Å². The number of thioether (sulfide) groups is 1. The monoisotopic (exact) mass is 131 g/mol. The SMILES string of the molecule is CC(=N)SC(C)(C)C. The van der Waals surface area contributed by atoms with Gasteiger partial charge in [0.25, 0.3) is 0 Å². The largest absolute Gasteiger partial charge is 0.299 e. The molecule has 0 saturated carbocycles. The van der Waals surface area contributed by atoms with Crippen LogP contribution in [0, 0.1) is 5.41 Å². The minimum Gasteiger partial charge on any atom is -0.299 e. The van der Waals surface area contributed by atoms with E-state index in [0.717, 1.165) is 0 Å². The fraction of sp³-hybridized carbons (Fsp3) is 0.833. The summed E-state index contributed by atoms with van der Waals surface area (Å²) in [5.41, 5.74) is 0. The summed E-state index contributed by atoms with van der Waals surface area (Å²) in [6.45, 7) is 8.14. The Bertz CT molecular complexity index is 91.2. The topological polar surface area (TPSA) is 23.9 Å². The third kappa shape index (κ3) is 6.02. The number of nitrogens with one attached hydrogen (secondary N) is 1. The molecule has 0 saturated heterocycles. The molecule has 0 radical (unpaired) electrons. The van der Waals surface area contributed by atoms with Crippen LogP contribution >= 0.6 is 11.8 Å². The van der Waals surface area contributed by atoms with E-state index in [1.807, 2.05) is 6.92 Å². The van der Waals surface area contributed by atoms with Gasteiger partial charge < -0.3 is 0 Å². The molecule has 0 atom stereocenters. The van der Waals surface area contributed by atoms with Crippen molar-refractivity contribution in [3.8, 4) is 0 Å². The molecular weight excluding hydrogens is 118 g/mol. The van der Waals surface area contributed by atoms with E-state index in [1.54, 1.807) is 11.8 Å². The van der Waals surface area contributed by atoms with E-state index < -0.39 is 0 Å². The highest BCUT2D eigenvalue weighted by Crippen LogP contribution is 2.23. The Labute approximate surface area is 55.4 Å². The van der Waals surface area contributed by atoms with E-state index in [0.29, 0.717) is 5.04 Å². The molecule has 1 N–H and O–H groups in total. The number of rotatable bonds is 0. The molecule has 0 aliphatic heterocycles. The van der Waals surface area contributed by atoms with Crippen LogP contribution in [-0.4, -0.2) is 9.79 Å². The van der Waals surface area contributed by atoms with E-state index in [2.05, 4.69) is 20.8 Å². The summed E-state index contributed by atoms with van der Waals surface area (Å²) in [5.74, 6) is 0. The van der Waals surface area contributed by atoms with Crippen LogP contribution in [0.2, 0.25) is 0 Å². The predicted molar refractivity (Wildman–Crippen MR) is 40.7 cm³/mol. The number of hydrogen-bond donors (Lipinski definition) is 1. The quantitative estimate of drug-likeness (QED) is 0.396. The van der Waals surface area contributed by atoms with Gasteiger partial charge in [0.15, 0.2) is 0 Å². The second-order valence-corrected chi connectivity index (χ2v) is 4.81. The molecule has 8 heavy (non-hydrogen) atoms. The summed E-state index contributed by atoms with van der Waals surface area (Å²) < 4.78 is 0.214. The van der Waals surface area contributed by atoms with Crippen molar-refractivity contribution < 1.29 is 0 Å². The summed E-state index contributed by atoms with van der Waals surface area (Å²) in [4.78, 5) is 0. The van der Waals surface area contributed by atoms with Crippen molar-refractivity contribution in [2.45, 2.75) is 32.4 Å². The van der Waals surface area contributed by atoms with Crippen LogP contribution in [0.25, 0.3) is 0 Å². The van der Waals surface area contributed by atoms with Crippen LogP contribution in [0.1, 0.15) is 27.7 Å². The average molecular weight is 131 g/mol. The molecule has 0 aromatic heterocycles. The van der Waals surface area contributed by atoms with Gasteiger partial charge in [0, 0.05) is 4.75 Å². The van der Waals surface area contributed by atoms with Crippen molar-refractivity contribution in [1.82, 2.24) is 0 Å². The summed E-state index contributed by atoms with van der Waals surface area (Å²) in [7, 11) is 0. The molecule has 0 amide bonds. The third-order valence-corrected chi connectivity index (χ3v) is 1.38. The van der Waals surface area contributed by atoms with Gasteiger partial charge in [-0.3, -0.25) is 5.41 Å². The van der Waals surface area contributed by atoms with Gasteiger partial charge in [-0.15, -0.1) is 11.8 Å². The van der Waals surface area contributed by atoms with E-state index in [-0.39, 0.29) is 4.75 Å². The van der Waals surface area contributed by atoms with Crippen molar-refractivity contribution in [2.75, 3.05) is 0 Å². The van der Waals surface area contributed by atoms with Gasteiger partial charge in [-0.25, -0.2) is 0 Å². The van der Waals surface area contributed by atoms with Gasteiger partial charge in [0.2, 0.25) is 0 Å². The Morgan fingerprint density at radius 2 is 1.75 bits per heavy atom. The zero-order valence-corrected chi connectivity index (χ0v) is 6.72. The van der Waals surface area contributed by atoms with E-state index in [1.165, 1.54) is 0 Å². The molecule has 48 valence electrons. The Morgan fingerprint density at radius 3 is 1.75 bits per heavy atom. The fourth-order valence-corrected chi connectivity index (χ4v) is 1.38. The number of hydrogen-bond acceptors (Lipinski definition) is 2. The highest BCUT2D eigenvalue weighted by Gasteiger charge is 2.10. The molecule has 0 aromatic carbocycles. The molecule has 0 rings (SSSR count). The summed E-state index contributed by atoms with van der Waals surface area (Å²) in [6, 6.07) is 0. The van der Waals surface area contributed by atoms with Crippen LogP contribution in [-0.2, 0) is 0 Å². The highest BCUT2D eigenvalue weighted by molar-refractivity contribution is 8.14. The maximum atomic E-state index is 7.11. The minimum absolute atomic E-state index is 0.214. The summed E-state index contributed by atoms with van der Waals surface area (Å²) >= 11 is 1.59. The molecule has 0 aliphatic carbocycles. The lowest BCUT2D eigenvalue weighted by molar-refractivity contribution is 0.808. The van der Waals surface area contributed by atoms with Crippen LogP contribution < -0.4 is 0 Å². The van der Waals surface area contributed by atoms with Crippen molar-refractivity contribution in [1.29, 1.82) is 5.41 Å². The molecule has 0 unspecified atom stereocenters. The van der Waals surface area contributed by atoms with Gasteiger partial charge in [-0.05, 0) is 6.92 Å². The van der Waals surface area contributed by atoms with Crippen LogP contribution in [0.3, 0.4) is 0 Å². The molecular formula is C6H13NS. The van der Waals surface area contributed by atoms with E-state index >= 15 is 0 Å². The lowest BCUT2D eigenvalue weighted by Gasteiger charge is -2.15. The van der Waals surface area contributed by atoms with Crippen molar-refractivity contribution in [3.05, 3.63) is 0 Å². The second kappa shape index (κ2) is 2.53. The predicted octanol–water partition coefficient (Wildman–Crippen LogP) is 2.52. The van der Waals surface area contributed by atoms with Crippen LogP contribution in [0.4, 0.5) is 0 Å². The summed E-state index contributed by atoms with van der Waals surface area (Å²) in [6.07, 6.45) is 0. The van der Waals surface area contributed by atoms with E-state index in [9.17, 15) is 0 Å². The second-order valence-electron chi connectivity index (χ2n) is 2.77. The zero-order chi connectivity index (χ0) is 6.78. The van der Waals surface area contributed by atoms with E-state index in [4.69, 9.17) is 5.41 Å². The first kappa shape index (κ1) is 8.02. The molecule has 1 nitrogen and oxygen atoms in total. The maximum Gasteiger partial charge on any atom is 0.0615 e. The molecule has 0 aromatic rings. The minimum atomic E-state index is 0.214. The lowest BCUT2D eigenvalue weighted by Crippen LogP contribution is -2.09. The lowest BCUT2D eigenvalue weighted by atomic mass is 10.3. The molecule has 0 fully saturated rings. The van der Waals surface area contributed by atoms with Crippen LogP contribution in [0.5, 0.6) is 0 Å². The smallest absolute Gasteiger partial charge is 0.0615 e. The molecule has 0 spiro atoms.